The minimum atomic E-state index is -0.546. The molecular formula is C19H17FN2O4. The fourth-order valence-corrected chi connectivity index (χ4v) is 3.13. The second-order valence-electron chi connectivity index (χ2n) is 6.20. The third-order valence-electron chi connectivity index (χ3n) is 4.46. The Kier molecular flexibility index (Phi) is 4.20. The number of hydrogen-bond donors (Lipinski definition) is 1. The summed E-state index contributed by atoms with van der Waals surface area (Å²) in [5.41, 5.74) is 0.767. The molecule has 2 aliphatic rings. The Labute approximate surface area is 149 Å². The van der Waals surface area contributed by atoms with Crippen LogP contribution in [0.2, 0.25) is 0 Å². The molecule has 2 amide bonds. The molecule has 1 N–H and O–H groups in total. The largest absolute Gasteiger partial charge is 0.486 e. The molecule has 0 spiro atoms. The number of carbonyl (C=O) groups is 2. The maximum atomic E-state index is 13.7. The summed E-state index contributed by atoms with van der Waals surface area (Å²) in [4.78, 5) is 26.3. The lowest BCUT2D eigenvalue weighted by atomic mass is 10.1. The summed E-state index contributed by atoms with van der Waals surface area (Å²) in [5.74, 6) is -0.357. The van der Waals surface area contributed by atoms with E-state index in [0.717, 1.165) is 0 Å². The van der Waals surface area contributed by atoms with E-state index < -0.39 is 11.7 Å². The van der Waals surface area contributed by atoms with Crippen LogP contribution in [0.5, 0.6) is 11.5 Å². The molecule has 26 heavy (non-hydrogen) atoms. The highest BCUT2D eigenvalue weighted by molar-refractivity contribution is 6.03. The van der Waals surface area contributed by atoms with Crippen LogP contribution in [0.3, 0.4) is 0 Å². The lowest BCUT2D eigenvalue weighted by Gasteiger charge is -2.22. The molecule has 4 rings (SSSR count). The Hall–Kier alpha value is -3.09. The molecule has 0 bridgehead atoms. The van der Waals surface area contributed by atoms with Gasteiger partial charge in [-0.25, -0.2) is 4.39 Å². The number of rotatable bonds is 3. The van der Waals surface area contributed by atoms with Crippen LogP contribution in [0.15, 0.2) is 42.5 Å². The molecular weight excluding hydrogens is 339 g/mol. The van der Waals surface area contributed by atoms with Crippen LogP contribution < -0.4 is 19.7 Å². The van der Waals surface area contributed by atoms with Crippen molar-refractivity contribution in [3.05, 3.63) is 48.3 Å². The molecule has 6 nitrogen and oxygen atoms in total. The predicted molar refractivity (Wildman–Crippen MR) is 92.9 cm³/mol. The molecule has 1 saturated heterocycles. The van der Waals surface area contributed by atoms with Crippen molar-refractivity contribution in [2.45, 2.75) is 6.42 Å². The molecule has 2 aromatic rings. The van der Waals surface area contributed by atoms with Gasteiger partial charge in [0.05, 0.1) is 11.6 Å². The number of nitrogens with zero attached hydrogens (tertiary/aromatic N) is 1. The monoisotopic (exact) mass is 356 g/mol. The minimum Gasteiger partial charge on any atom is -0.486 e. The molecule has 0 aliphatic carbocycles. The first kappa shape index (κ1) is 16.4. The summed E-state index contributed by atoms with van der Waals surface area (Å²) >= 11 is 0. The third-order valence-corrected chi connectivity index (χ3v) is 4.46. The number of amides is 2. The van der Waals surface area contributed by atoms with E-state index in [1.54, 1.807) is 35.2 Å². The minimum absolute atomic E-state index is 0.0781. The number of nitrogens with one attached hydrogen (secondary N) is 1. The second-order valence-corrected chi connectivity index (χ2v) is 6.20. The number of benzene rings is 2. The molecule has 2 aliphatic heterocycles. The Morgan fingerprint density at radius 1 is 1.12 bits per heavy atom. The second kappa shape index (κ2) is 6.67. The number of carbonyl (C=O) groups excluding carboxylic acids is 2. The van der Waals surface area contributed by atoms with E-state index in [1.807, 2.05) is 0 Å². The topological polar surface area (TPSA) is 67.9 Å². The Morgan fingerprint density at radius 3 is 2.69 bits per heavy atom. The Bertz CT molecular complexity index is 870. The molecule has 0 saturated carbocycles. The maximum absolute atomic E-state index is 13.7. The standard InChI is InChI=1S/C19H17FN2O4/c20-14-3-1-2-4-15(14)21-19(24)12-9-18(23)22(11-12)13-5-6-16-17(10-13)26-8-7-25-16/h1-6,10,12H,7-9,11H2,(H,21,24). The molecule has 2 heterocycles. The first-order valence-corrected chi connectivity index (χ1v) is 8.37. The molecule has 1 fully saturated rings. The molecule has 1 unspecified atom stereocenters. The van der Waals surface area contributed by atoms with E-state index in [2.05, 4.69) is 5.32 Å². The zero-order valence-electron chi connectivity index (χ0n) is 13.9. The number of halogens is 1. The van der Waals surface area contributed by atoms with E-state index in [-0.39, 0.29) is 30.5 Å². The highest BCUT2D eigenvalue weighted by Crippen LogP contribution is 2.36. The average Bonchev–Trinajstić information content (AvgIpc) is 3.05. The van der Waals surface area contributed by atoms with Gasteiger partial charge in [-0.1, -0.05) is 12.1 Å². The van der Waals surface area contributed by atoms with Crippen LogP contribution in [0.4, 0.5) is 15.8 Å². The lowest BCUT2D eigenvalue weighted by molar-refractivity contribution is -0.122. The lowest BCUT2D eigenvalue weighted by Crippen LogP contribution is -2.28. The summed E-state index contributed by atoms with van der Waals surface area (Å²) in [6.07, 6.45) is 0.0781. The van der Waals surface area contributed by atoms with Crippen LogP contribution >= 0.6 is 0 Å². The maximum Gasteiger partial charge on any atom is 0.229 e. The van der Waals surface area contributed by atoms with Gasteiger partial charge in [-0.15, -0.1) is 0 Å². The van der Waals surface area contributed by atoms with E-state index >= 15 is 0 Å². The van der Waals surface area contributed by atoms with Gasteiger partial charge in [0.1, 0.15) is 19.0 Å². The summed E-state index contributed by atoms with van der Waals surface area (Å²) in [5, 5.41) is 2.56. The van der Waals surface area contributed by atoms with Crippen molar-refractivity contribution in [3.63, 3.8) is 0 Å². The molecule has 1 atom stereocenters. The van der Waals surface area contributed by atoms with Gasteiger partial charge in [-0.3, -0.25) is 9.59 Å². The van der Waals surface area contributed by atoms with Crippen LogP contribution in [-0.4, -0.2) is 31.6 Å². The van der Waals surface area contributed by atoms with Gasteiger partial charge in [0.2, 0.25) is 11.8 Å². The predicted octanol–water partition coefficient (Wildman–Crippen LogP) is 2.59. The summed E-state index contributed by atoms with van der Waals surface area (Å²) in [6.45, 7) is 1.18. The highest BCUT2D eigenvalue weighted by atomic mass is 19.1. The van der Waals surface area contributed by atoms with E-state index in [1.165, 1.54) is 12.1 Å². The van der Waals surface area contributed by atoms with Gasteiger partial charge >= 0.3 is 0 Å². The summed E-state index contributed by atoms with van der Waals surface area (Å²) < 4.78 is 24.7. The first-order valence-electron chi connectivity index (χ1n) is 8.37. The quantitative estimate of drug-likeness (QED) is 0.918. The normalized spacial score (nSPS) is 18.7. The van der Waals surface area contributed by atoms with Gasteiger partial charge in [0.25, 0.3) is 0 Å². The average molecular weight is 356 g/mol. The SMILES string of the molecule is O=C(Nc1ccccc1F)C1CC(=O)N(c2ccc3c(c2)OCCO3)C1. The van der Waals surface area contributed by atoms with Gasteiger partial charge in [0, 0.05) is 24.7 Å². The van der Waals surface area contributed by atoms with E-state index in [0.29, 0.717) is 30.4 Å². The van der Waals surface area contributed by atoms with Crippen molar-refractivity contribution in [2.75, 3.05) is 30.0 Å². The van der Waals surface area contributed by atoms with Gasteiger partial charge < -0.3 is 19.7 Å². The Morgan fingerprint density at radius 2 is 1.88 bits per heavy atom. The van der Waals surface area contributed by atoms with Crippen molar-refractivity contribution in [3.8, 4) is 11.5 Å². The molecule has 0 aromatic heterocycles. The first-order chi connectivity index (χ1) is 12.6. The van der Waals surface area contributed by atoms with Crippen molar-refractivity contribution >= 4 is 23.2 Å². The summed E-state index contributed by atoms with van der Waals surface area (Å²) in [7, 11) is 0. The van der Waals surface area contributed by atoms with E-state index in [9.17, 15) is 14.0 Å². The van der Waals surface area contributed by atoms with Gasteiger partial charge in [-0.2, -0.15) is 0 Å². The molecule has 134 valence electrons. The molecule has 7 heteroatoms. The number of hydrogen-bond acceptors (Lipinski definition) is 4. The smallest absolute Gasteiger partial charge is 0.229 e. The van der Waals surface area contributed by atoms with Crippen molar-refractivity contribution in [1.82, 2.24) is 0 Å². The molecule has 0 radical (unpaired) electrons. The number of fused-ring (bicyclic) bond motifs is 1. The van der Waals surface area contributed by atoms with Crippen molar-refractivity contribution < 1.29 is 23.5 Å². The van der Waals surface area contributed by atoms with Crippen molar-refractivity contribution in [2.24, 2.45) is 5.92 Å². The number of ether oxygens (including phenoxy) is 2. The number of para-hydroxylation sites is 1. The zero-order valence-corrected chi connectivity index (χ0v) is 13.9. The fourth-order valence-electron chi connectivity index (χ4n) is 3.13. The zero-order chi connectivity index (χ0) is 18.1. The highest BCUT2D eigenvalue weighted by Gasteiger charge is 2.35. The third kappa shape index (κ3) is 3.08. The summed E-state index contributed by atoms with van der Waals surface area (Å²) in [6, 6.07) is 11.2. The number of anilines is 2. The Balaban J connectivity index is 1.48. The van der Waals surface area contributed by atoms with E-state index in [4.69, 9.17) is 9.47 Å². The van der Waals surface area contributed by atoms with Crippen LogP contribution in [0.25, 0.3) is 0 Å². The van der Waals surface area contributed by atoms with Gasteiger partial charge in [0.15, 0.2) is 11.5 Å². The van der Waals surface area contributed by atoms with Crippen LogP contribution in [-0.2, 0) is 9.59 Å². The fraction of sp³-hybridized carbons (Fsp3) is 0.263. The molecule has 2 aromatic carbocycles. The van der Waals surface area contributed by atoms with Crippen LogP contribution in [0.1, 0.15) is 6.42 Å². The van der Waals surface area contributed by atoms with Gasteiger partial charge in [-0.05, 0) is 24.3 Å². The van der Waals surface area contributed by atoms with Crippen LogP contribution in [0, 0.1) is 11.7 Å². The van der Waals surface area contributed by atoms with Crippen molar-refractivity contribution in [1.29, 1.82) is 0 Å².